The molecule has 1 heterocycles. The van der Waals surface area contributed by atoms with Gasteiger partial charge in [-0.25, -0.2) is 0 Å². The van der Waals surface area contributed by atoms with Crippen LogP contribution in [0, 0.1) is 23.2 Å². The van der Waals surface area contributed by atoms with Gasteiger partial charge in [-0.15, -0.1) is 0 Å². The number of nitrogens with one attached hydrogen (secondary N) is 1. The highest BCUT2D eigenvalue weighted by Crippen LogP contribution is 2.57. The maximum Gasteiger partial charge on any atom is 0.0691 e. The molecule has 2 aliphatic carbocycles. The van der Waals surface area contributed by atoms with Crippen LogP contribution in [0.3, 0.4) is 0 Å². The first-order chi connectivity index (χ1) is 8.47. The molecule has 3 rings (SSSR count). The Bertz CT molecular complexity index is 326. The van der Waals surface area contributed by atoms with Crippen molar-refractivity contribution in [3.8, 4) is 0 Å². The van der Waals surface area contributed by atoms with E-state index in [-0.39, 0.29) is 11.0 Å². The normalized spacial score (nSPS) is 43.3. The highest BCUT2D eigenvalue weighted by atomic mass is 16.5. The van der Waals surface area contributed by atoms with Crippen LogP contribution in [-0.4, -0.2) is 31.3 Å². The van der Waals surface area contributed by atoms with Crippen LogP contribution in [0.2, 0.25) is 0 Å². The predicted molar refractivity (Wildman–Crippen MR) is 73.3 cm³/mol. The fourth-order valence-electron chi connectivity index (χ4n) is 4.17. The van der Waals surface area contributed by atoms with Gasteiger partial charge in [0.1, 0.15) is 0 Å². The molecule has 18 heavy (non-hydrogen) atoms. The lowest BCUT2D eigenvalue weighted by Gasteiger charge is -2.62. The fraction of sp³-hybridized carbons (Fsp3) is 1.00. The van der Waals surface area contributed by atoms with Crippen LogP contribution in [0.15, 0.2) is 0 Å². The standard InChI is InChI=1S/C15H28N2O/c1-10(11-4-5-11)8-17-9-15(16)12-6-7-18-13(12)14(15,2)3/h10-13,17H,4-9,16H2,1-3H3. The van der Waals surface area contributed by atoms with Crippen LogP contribution >= 0.6 is 0 Å². The second-order valence-corrected chi connectivity index (χ2v) is 7.39. The van der Waals surface area contributed by atoms with Crippen molar-refractivity contribution in [3.63, 3.8) is 0 Å². The average Bonchev–Trinajstić information content (AvgIpc) is 3.05. The van der Waals surface area contributed by atoms with Gasteiger partial charge in [0.15, 0.2) is 0 Å². The summed E-state index contributed by atoms with van der Waals surface area (Å²) in [4.78, 5) is 0. The number of hydrogen-bond donors (Lipinski definition) is 2. The van der Waals surface area contributed by atoms with Gasteiger partial charge in [0, 0.05) is 30.0 Å². The van der Waals surface area contributed by atoms with Crippen molar-refractivity contribution < 1.29 is 4.74 Å². The molecular weight excluding hydrogens is 224 g/mol. The molecule has 0 aromatic rings. The van der Waals surface area contributed by atoms with E-state index in [1.165, 1.54) is 12.8 Å². The van der Waals surface area contributed by atoms with Gasteiger partial charge in [-0.1, -0.05) is 20.8 Å². The van der Waals surface area contributed by atoms with Gasteiger partial charge in [0.25, 0.3) is 0 Å². The molecule has 0 spiro atoms. The molecular formula is C15H28N2O. The largest absolute Gasteiger partial charge is 0.377 e. The summed E-state index contributed by atoms with van der Waals surface area (Å²) in [6.07, 6.45) is 4.40. The molecule has 4 atom stereocenters. The van der Waals surface area contributed by atoms with Crippen molar-refractivity contribution in [2.75, 3.05) is 19.7 Å². The van der Waals surface area contributed by atoms with Gasteiger partial charge in [-0.2, -0.15) is 0 Å². The van der Waals surface area contributed by atoms with Crippen molar-refractivity contribution in [2.24, 2.45) is 28.9 Å². The van der Waals surface area contributed by atoms with Crippen LogP contribution in [0.4, 0.5) is 0 Å². The van der Waals surface area contributed by atoms with Crippen molar-refractivity contribution in [1.29, 1.82) is 0 Å². The van der Waals surface area contributed by atoms with E-state index in [1.807, 2.05) is 0 Å². The number of hydrogen-bond acceptors (Lipinski definition) is 3. The van der Waals surface area contributed by atoms with Crippen LogP contribution < -0.4 is 11.1 Å². The Morgan fingerprint density at radius 3 is 2.72 bits per heavy atom. The fourth-order valence-corrected chi connectivity index (χ4v) is 4.17. The highest BCUT2D eigenvalue weighted by molar-refractivity contribution is 5.21. The topological polar surface area (TPSA) is 47.3 Å². The van der Waals surface area contributed by atoms with Gasteiger partial charge in [0.2, 0.25) is 0 Å². The zero-order chi connectivity index (χ0) is 13.0. The monoisotopic (exact) mass is 252 g/mol. The van der Waals surface area contributed by atoms with E-state index >= 15 is 0 Å². The summed E-state index contributed by atoms with van der Waals surface area (Å²) in [5.41, 5.74) is 6.74. The molecule has 3 heteroatoms. The minimum absolute atomic E-state index is 0.0720. The molecule has 0 aromatic heterocycles. The van der Waals surface area contributed by atoms with E-state index < -0.39 is 0 Å². The van der Waals surface area contributed by atoms with E-state index in [4.69, 9.17) is 10.5 Å². The summed E-state index contributed by atoms with van der Waals surface area (Å²) in [5, 5.41) is 3.64. The van der Waals surface area contributed by atoms with E-state index in [0.717, 1.165) is 38.0 Å². The van der Waals surface area contributed by atoms with Gasteiger partial charge >= 0.3 is 0 Å². The van der Waals surface area contributed by atoms with Gasteiger partial charge in [0.05, 0.1) is 6.10 Å². The highest BCUT2D eigenvalue weighted by Gasteiger charge is 2.67. The van der Waals surface area contributed by atoms with Crippen LogP contribution in [0.5, 0.6) is 0 Å². The average molecular weight is 252 g/mol. The second-order valence-electron chi connectivity index (χ2n) is 7.39. The zero-order valence-corrected chi connectivity index (χ0v) is 12.0. The molecule has 1 aliphatic heterocycles. The molecule has 0 radical (unpaired) electrons. The van der Waals surface area contributed by atoms with Gasteiger partial charge < -0.3 is 15.8 Å². The van der Waals surface area contributed by atoms with Crippen LogP contribution in [-0.2, 0) is 4.74 Å². The molecule has 3 aliphatic rings. The van der Waals surface area contributed by atoms with Crippen LogP contribution in [0.1, 0.15) is 40.0 Å². The summed E-state index contributed by atoms with van der Waals surface area (Å²) in [6.45, 7) is 9.87. The third kappa shape index (κ3) is 1.75. The first-order valence-corrected chi connectivity index (χ1v) is 7.58. The van der Waals surface area contributed by atoms with Crippen molar-refractivity contribution in [2.45, 2.75) is 51.7 Å². The van der Waals surface area contributed by atoms with Crippen molar-refractivity contribution in [1.82, 2.24) is 5.32 Å². The molecule has 2 saturated carbocycles. The molecule has 0 bridgehead atoms. The number of fused-ring (bicyclic) bond motifs is 1. The summed E-state index contributed by atoms with van der Waals surface area (Å²) >= 11 is 0. The molecule has 4 unspecified atom stereocenters. The van der Waals surface area contributed by atoms with Crippen LogP contribution in [0.25, 0.3) is 0 Å². The summed E-state index contributed by atoms with van der Waals surface area (Å²) < 4.78 is 5.83. The SMILES string of the molecule is CC(CNCC1(N)C2CCOC2C1(C)C)C1CC1. The van der Waals surface area contributed by atoms with Crippen molar-refractivity contribution >= 4 is 0 Å². The molecule has 1 saturated heterocycles. The first-order valence-electron chi connectivity index (χ1n) is 7.58. The lowest BCUT2D eigenvalue weighted by molar-refractivity contribution is -0.153. The lowest BCUT2D eigenvalue weighted by atomic mass is 9.48. The Labute approximate surface area is 111 Å². The minimum Gasteiger partial charge on any atom is -0.377 e. The van der Waals surface area contributed by atoms with E-state index in [1.54, 1.807) is 0 Å². The predicted octanol–water partition coefficient (Wildman–Crippen LogP) is 1.76. The van der Waals surface area contributed by atoms with E-state index in [2.05, 4.69) is 26.1 Å². The number of ether oxygens (including phenoxy) is 1. The molecule has 0 aromatic carbocycles. The number of rotatable bonds is 5. The zero-order valence-electron chi connectivity index (χ0n) is 12.0. The molecule has 3 nitrogen and oxygen atoms in total. The Hall–Kier alpha value is -0.120. The Morgan fingerprint density at radius 1 is 1.33 bits per heavy atom. The Kier molecular flexibility index (Phi) is 3.00. The Balaban J connectivity index is 1.54. The smallest absolute Gasteiger partial charge is 0.0691 e. The number of nitrogens with two attached hydrogens (primary N) is 1. The third-order valence-corrected chi connectivity index (χ3v) is 5.97. The van der Waals surface area contributed by atoms with E-state index in [0.29, 0.717) is 12.0 Å². The molecule has 104 valence electrons. The summed E-state index contributed by atoms with van der Waals surface area (Å²) in [6, 6.07) is 0. The molecule has 3 N–H and O–H groups in total. The van der Waals surface area contributed by atoms with E-state index in [9.17, 15) is 0 Å². The Morgan fingerprint density at radius 2 is 2.06 bits per heavy atom. The second kappa shape index (κ2) is 4.19. The van der Waals surface area contributed by atoms with Crippen molar-refractivity contribution in [3.05, 3.63) is 0 Å². The minimum atomic E-state index is -0.0720. The van der Waals surface area contributed by atoms with Gasteiger partial charge in [-0.05, 0) is 37.6 Å². The molecule has 0 amide bonds. The first kappa shape index (κ1) is 12.9. The lowest BCUT2D eigenvalue weighted by Crippen LogP contribution is -2.78. The molecule has 3 fully saturated rings. The quantitative estimate of drug-likeness (QED) is 0.784. The maximum atomic E-state index is 6.70. The summed E-state index contributed by atoms with van der Waals surface area (Å²) in [5.74, 6) is 2.35. The summed E-state index contributed by atoms with van der Waals surface area (Å²) in [7, 11) is 0. The van der Waals surface area contributed by atoms with Gasteiger partial charge in [-0.3, -0.25) is 0 Å². The third-order valence-electron chi connectivity index (χ3n) is 5.97. The maximum absolute atomic E-state index is 6.70.